The molecule has 0 aliphatic carbocycles. The van der Waals surface area contributed by atoms with Crippen LogP contribution in [0.4, 0.5) is 11.4 Å². The molecule has 1 aromatic carbocycles. The zero-order chi connectivity index (χ0) is 13.0. The van der Waals surface area contributed by atoms with E-state index in [1.54, 1.807) is 12.1 Å². The fourth-order valence-electron chi connectivity index (χ4n) is 1.30. The van der Waals surface area contributed by atoms with Gasteiger partial charge < -0.3 is 15.4 Å². The molecule has 0 spiro atoms. The molecule has 0 aliphatic rings. The van der Waals surface area contributed by atoms with E-state index in [1.807, 2.05) is 0 Å². The second-order valence-corrected chi connectivity index (χ2v) is 4.25. The SMILES string of the molecule is COc1cc(Br)c(NC(C)=O)cc1NC(C)=O. The molecular formula is C11H13BrN2O3. The Kier molecular flexibility index (Phi) is 4.51. The lowest BCUT2D eigenvalue weighted by atomic mass is 10.2. The van der Waals surface area contributed by atoms with Crippen LogP contribution in [0.25, 0.3) is 0 Å². The molecule has 0 radical (unpaired) electrons. The molecule has 1 aromatic rings. The molecule has 0 heterocycles. The Morgan fingerprint density at radius 2 is 1.65 bits per heavy atom. The number of halogens is 1. The predicted octanol–water partition coefficient (Wildman–Crippen LogP) is 2.37. The van der Waals surface area contributed by atoms with E-state index in [1.165, 1.54) is 21.0 Å². The smallest absolute Gasteiger partial charge is 0.221 e. The quantitative estimate of drug-likeness (QED) is 0.900. The van der Waals surface area contributed by atoms with Crippen molar-refractivity contribution in [2.75, 3.05) is 17.7 Å². The number of nitrogens with one attached hydrogen (secondary N) is 2. The maximum absolute atomic E-state index is 11.0. The van der Waals surface area contributed by atoms with Crippen LogP contribution in [0.3, 0.4) is 0 Å². The van der Waals surface area contributed by atoms with Crippen LogP contribution in [-0.2, 0) is 9.59 Å². The average Bonchev–Trinajstić information content (AvgIpc) is 2.21. The number of ether oxygens (including phenoxy) is 1. The van der Waals surface area contributed by atoms with Crippen molar-refractivity contribution in [2.45, 2.75) is 13.8 Å². The van der Waals surface area contributed by atoms with Crippen LogP contribution < -0.4 is 15.4 Å². The highest BCUT2D eigenvalue weighted by Gasteiger charge is 2.10. The van der Waals surface area contributed by atoms with Gasteiger partial charge in [0.1, 0.15) is 5.75 Å². The summed E-state index contributed by atoms with van der Waals surface area (Å²) >= 11 is 3.31. The zero-order valence-electron chi connectivity index (χ0n) is 9.76. The minimum Gasteiger partial charge on any atom is -0.495 e. The summed E-state index contributed by atoms with van der Waals surface area (Å²) in [6.07, 6.45) is 0. The summed E-state index contributed by atoms with van der Waals surface area (Å²) in [4.78, 5) is 22.0. The molecule has 0 fully saturated rings. The lowest BCUT2D eigenvalue weighted by Crippen LogP contribution is -2.10. The molecule has 2 N–H and O–H groups in total. The van der Waals surface area contributed by atoms with Gasteiger partial charge >= 0.3 is 0 Å². The number of amides is 2. The summed E-state index contributed by atoms with van der Waals surface area (Å²) in [6, 6.07) is 3.31. The molecule has 0 aliphatic heterocycles. The van der Waals surface area contributed by atoms with Crippen molar-refractivity contribution in [3.63, 3.8) is 0 Å². The van der Waals surface area contributed by atoms with E-state index in [4.69, 9.17) is 4.74 Å². The van der Waals surface area contributed by atoms with Gasteiger partial charge in [0.2, 0.25) is 11.8 Å². The van der Waals surface area contributed by atoms with E-state index in [-0.39, 0.29) is 11.8 Å². The van der Waals surface area contributed by atoms with Crippen LogP contribution in [-0.4, -0.2) is 18.9 Å². The molecule has 92 valence electrons. The van der Waals surface area contributed by atoms with Crippen LogP contribution >= 0.6 is 15.9 Å². The van der Waals surface area contributed by atoms with Crippen molar-refractivity contribution < 1.29 is 14.3 Å². The summed E-state index contributed by atoms with van der Waals surface area (Å²) in [7, 11) is 1.51. The van der Waals surface area contributed by atoms with Crippen molar-refractivity contribution >= 4 is 39.1 Å². The third kappa shape index (κ3) is 3.74. The number of hydrogen-bond acceptors (Lipinski definition) is 3. The molecule has 6 heteroatoms. The molecule has 0 atom stereocenters. The fraction of sp³-hybridized carbons (Fsp3) is 0.273. The summed E-state index contributed by atoms with van der Waals surface area (Å²) in [5, 5.41) is 5.27. The number of benzene rings is 1. The van der Waals surface area contributed by atoms with E-state index in [9.17, 15) is 9.59 Å². The lowest BCUT2D eigenvalue weighted by molar-refractivity contribution is -0.115. The van der Waals surface area contributed by atoms with Crippen LogP contribution in [0.5, 0.6) is 5.75 Å². The van der Waals surface area contributed by atoms with E-state index in [0.717, 1.165) is 0 Å². The highest BCUT2D eigenvalue weighted by molar-refractivity contribution is 9.10. The van der Waals surface area contributed by atoms with Crippen molar-refractivity contribution in [1.29, 1.82) is 0 Å². The van der Waals surface area contributed by atoms with E-state index < -0.39 is 0 Å². The Labute approximate surface area is 108 Å². The molecule has 17 heavy (non-hydrogen) atoms. The first kappa shape index (κ1) is 13.5. The highest BCUT2D eigenvalue weighted by Crippen LogP contribution is 2.34. The standard InChI is InChI=1S/C11H13BrN2O3/c1-6(15)13-9-5-10(14-7(2)16)11(17-3)4-8(9)12/h4-5H,1-3H3,(H,13,15)(H,14,16). The van der Waals surface area contributed by atoms with Gasteiger partial charge in [0, 0.05) is 18.3 Å². The van der Waals surface area contributed by atoms with Crippen molar-refractivity contribution in [3.05, 3.63) is 16.6 Å². The Bertz CT molecular complexity index is 460. The normalized spacial score (nSPS) is 9.65. The van der Waals surface area contributed by atoms with Gasteiger partial charge in [-0.15, -0.1) is 0 Å². The van der Waals surface area contributed by atoms with Gasteiger partial charge in [-0.25, -0.2) is 0 Å². The van der Waals surface area contributed by atoms with Gasteiger partial charge in [-0.2, -0.15) is 0 Å². The zero-order valence-corrected chi connectivity index (χ0v) is 11.3. The number of carbonyl (C=O) groups excluding carboxylic acids is 2. The Hall–Kier alpha value is -1.56. The van der Waals surface area contributed by atoms with Crippen molar-refractivity contribution in [1.82, 2.24) is 0 Å². The van der Waals surface area contributed by atoms with Gasteiger partial charge in [-0.1, -0.05) is 0 Å². The maximum Gasteiger partial charge on any atom is 0.221 e. The number of methoxy groups -OCH3 is 1. The average molecular weight is 301 g/mol. The number of rotatable bonds is 3. The molecule has 0 bridgehead atoms. The van der Waals surface area contributed by atoms with Crippen molar-refractivity contribution in [2.24, 2.45) is 0 Å². The third-order valence-corrected chi connectivity index (χ3v) is 2.57. The van der Waals surface area contributed by atoms with Gasteiger partial charge in [0.15, 0.2) is 0 Å². The van der Waals surface area contributed by atoms with Crippen LogP contribution in [0, 0.1) is 0 Å². The third-order valence-electron chi connectivity index (χ3n) is 1.91. The second kappa shape index (κ2) is 5.67. The molecule has 0 aromatic heterocycles. The van der Waals surface area contributed by atoms with Crippen LogP contribution in [0.15, 0.2) is 16.6 Å². The molecule has 0 saturated carbocycles. The summed E-state index contributed by atoms with van der Waals surface area (Å²) in [6.45, 7) is 2.81. The first-order valence-corrected chi connectivity index (χ1v) is 5.66. The molecule has 5 nitrogen and oxygen atoms in total. The number of anilines is 2. The molecular weight excluding hydrogens is 288 g/mol. The monoisotopic (exact) mass is 300 g/mol. The first-order valence-electron chi connectivity index (χ1n) is 4.86. The number of hydrogen-bond donors (Lipinski definition) is 2. The lowest BCUT2D eigenvalue weighted by Gasteiger charge is -2.13. The maximum atomic E-state index is 11.0. The number of carbonyl (C=O) groups is 2. The highest BCUT2D eigenvalue weighted by atomic mass is 79.9. The van der Waals surface area contributed by atoms with E-state index >= 15 is 0 Å². The Morgan fingerprint density at radius 1 is 1.12 bits per heavy atom. The van der Waals surface area contributed by atoms with Crippen LogP contribution in [0.1, 0.15) is 13.8 Å². The minimum atomic E-state index is -0.209. The van der Waals surface area contributed by atoms with Gasteiger partial charge in [0.25, 0.3) is 0 Å². The van der Waals surface area contributed by atoms with Crippen molar-refractivity contribution in [3.8, 4) is 5.75 Å². The topological polar surface area (TPSA) is 67.4 Å². The molecule has 0 saturated heterocycles. The van der Waals surface area contributed by atoms with E-state index in [2.05, 4.69) is 26.6 Å². The Morgan fingerprint density at radius 3 is 2.12 bits per heavy atom. The molecule has 2 amide bonds. The summed E-state index contributed by atoms with van der Waals surface area (Å²) in [5.41, 5.74) is 1.08. The van der Waals surface area contributed by atoms with Gasteiger partial charge in [-0.05, 0) is 28.1 Å². The second-order valence-electron chi connectivity index (χ2n) is 3.39. The minimum absolute atomic E-state index is 0.190. The largest absolute Gasteiger partial charge is 0.495 e. The first-order chi connectivity index (χ1) is 7.93. The van der Waals surface area contributed by atoms with E-state index in [0.29, 0.717) is 21.6 Å². The molecule has 0 unspecified atom stereocenters. The summed E-state index contributed by atoms with van der Waals surface area (Å²) in [5.74, 6) is 0.116. The summed E-state index contributed by atoms with van der Waals surface area (Å²) < 4.78 is 5.81. The van der Waals surface area contributed by atoms with Gasteiger partial charge in [-0.3, -0.25) is 9.59 Å². The van der Waals surface area contributed by atoms with Crippen LogP contribution in [0.2, 0.25) is 0 Å². The fourth-order valence-corrected chi connectivity index (χ4v) is 1.72. The Balaban J connectivity index is 3.16. The van der Waals surface area contributed by atoms with Gasteiger partial charge in [0.05, 0.1) is 18.5 Å². The molecule has 1 rings (SSSR count). The predicted molar refractivity (Wildman–Crippen MR) is 69.3 cm³/mol.